The highest BCUT2D eigenvalue weighted by Crippen LogP contribution is 2.30. The molecule has 3 aromatic rings. The highest BCUT2D eigenvalue weighted by molar-refractivity contribution is 5.29. The van der Waals surface area contributed by atoms with Crippen LogP contribution in [0.4, 0.5) is 4.39 Å². The van der Waals surface area contributed by atoms with Gasteiger partial charge in [0.25, 0.3) is 0 Å². The van der Waals surface area contributed by atoms with Crippen LogP contribution in [0.1, 0.15) is 23.0 Å². The summed E-state index contributed by atoms with van der Waals surface area (Å²) >= 11 is 0. The van der Waals surface area contributed by atoms with Crippen LogP contribution in [0.3, 0.4) is 0 Å². The first-order chi connectivity index (χ1) is 14.2. The van der Waals surface area contributed by atoms with Crippen LogP contribution in [0.15, 0.2) is 48.5 Å². The molecule has 2 heterocycles. The van der Waals surface area contributed by atoms with Crippen LogP contribution in [0.2, 0.25) is 0 Å². The van der Waals surface area contributed by atoms with Gasteiger partial charge in [0.05, 0.1) is 13.7 Å². The molecule has 1 aliphatic heterocycles. The lowest BCUT2D eigenvalue weighted by atomic mass is 10.0. The van der Waals surface area contributed by atoms with E-state index in [-0.39, 0.29) is 11.9 Å². The lowest BCUT2D eigenvalue weighted by Crippen LogP contribution is -2.47. The van der Waals surface area contributed by atoms with E-state index in [2.05, 4.69) is 32.4 Å². The molecule has 0 N–H and O–H groups in total. The predicted octanol–water partition coefficient (Wildman–Crippen LogP) is 2.21. The van der Waals surface area contributed by atoms with E-state index in [9.17, 15) is 4.39 Å². The molecule has 1 atom stereocenters. The number of tetrazole rings is 1. The number of nitrogens with zero attached hydrogens (tertiary/aromatic N) is 6. The maximum absolute atomic E-state index is 14.8. The number of aromatic nitrogens is 4. The molecule has 1 aromatic heterocycles. The van der Waals surface area contributed by atoms with E-state index in [1.165, 1.54) is 6.07 Å². The lowest BCUT2D eigenvalue weighted by Gasteiger charge is -2.37. The third-order valence-electron chi connectivity index (χ3n) is 5.40. The SMILES string of the molecule is COc1ccc(Cn2nnnc2C(c2ccccc2F)N2CCN(C)CC2)cc1. The van der Waals surface area contributed by atoms with Gasteiger partial charge in [-0.1, -0.05) is 30.3 Å². The molecule has 1 unspecified atom stereocenters. The Morgan fingerprint density at radius 3 is 2.45 bits per heavy atom. The molecule has 2 aromatic carbocycles. The number of hydrogen-bond donors (Lipinski definition) is 0. The van der Waals surface area contributed by atoms with Gasteiger partial charge in [0.2, 0.25) is 0 Å². The molecule has 0 radical (unpaired) electrons. The molecule has 7 nitrogen and oxygen atoms in total. The molecule has 0 saturated carbocycles. The van der Waals surface area contributed by atoms with Gasteiger partial charge in [0.1, 0.15) is 17.6 Å². The Kier molecular flexibility index (Phi) is 5.82. The third kappa shape index (κ3) is 4.28. The smallest absolute Gasteiger partial charge is 0.173 e. The third-order valence-corrected chi connectivity index (χ3v) is 5.40. The van der Waals surface area contributed by atoms with E-state index in [0.29, 0.717) is 17.9 Å². The van der Waals surface area contributed by atoms with Crippen LogP contribution < -0.4 is 4.74 Å². The molecule has 0 spiro atoms. The largest absolute Gasteiger partial charge is 0.497 e. The van der Waals surface area contributed by atoms with Crippen LogP contribution in [-0.2, 0) is 6.54 Å². The summed E-state index contributed by atoms with van der Waals surface area (Å²) in [5, 5.41) is 12.4. The summed E-state index contributed by atoms with van der Waals surface area (Å²) in [6.45, 7) is 4.00. The van der Waals surface area contributed by atoms with Gasteiger partial charge < -0.3 is 9.64 Å². The molecule has 0 amide bonds. The highest BCUT2D eigenvalue weighted by atomic mass is 19.1. The fraction of sp³-hybridized carbons (Fsp3) is 0.381. The van der Waals surface area contributed by atoms with Crippen LogP contribution >= 0.6 is 0 Å². The van der Waals surface area contributed by atoms with Crippen molar-refractivity contribution in [2.75, 3.05) is 40.3 Å². The van der Waals surface area contributed by atoms with Crippen molar-refractivity contribution in [1.29, 1.82) is 0 Å². The standard InChI is InChI=1S/C21H25FN6O/c1-26-11-13-27(14-12-26)20(18-5-3-4-6-19(18)22)21-23-24-25-28(21)15-16-7-9-17(29-2)10-8-16/h3-10,20H,11-15H2,1-2H3. The van der Waals surface area contributed by atoms with Gasteiger partial charge in [0, 0.05) is 31.7 Å². The van der Waals surface area contributed by atoms with Crippen molar-refractivity contribution in [1.82, 2.24) is 30.0 Å². The summed E-state index contributed by atoms with van der Waals surface area (Å²) in [5.41, 5.74) is 1.65. The number of benzene rings is 2. The number of halogens is 1. The Hall–Kier alpha value is -2.84. The van der Waals surface area contributed by atoms with Crippen molar-refractivity contribution in [3.8, 4) is 5.75 Å². The summed E-state index contributed by atoms with van der Waals surface area (Å²) in [7, 11) is 3.74. The van der Waals surface area contributed by atoms with Gasteiger partial charge in [-0.05, 0) is 41.2 Å². The summed E-state index contributed by atoms with van der Waals surface area (Å²) in [6, 6.07) is 14.3. The van der Waals surface area contributed by atoms with Crippen molar-refractivity contribution in [2.45, 2.75) is 12.6 Å². The number of likely N-dealkylation sites (N-methyl/N-ethyl adjacent to an activating group) is 1. The van der Waals surface area contributed by atoms with E-state index >= 15 is 0 Å². The van der Waals surface area contributed by atoms with E-state index in [0.717, 1.165) is 37.5 Å². The minimum atomic E-state index is -0.335. The first-order valence-electron chi connectivity index (χ1n) is 9.71. The fourth-order valence-corrected chi connectivity index (χ4v) is 3.70. The minimum Gasteiger partial charge on any atom is -0.497 e. The van der Waals surface area contributed by atoms with Crippen LogP contribution in [0.5, 0.6) is 5.75 Å². The summed E-state index contributed by atoms with van der Waals surface area (Å²) in [4.78, 5) is 4.53. The molecule has 1 aliphatic rings. The average Bonchev–Trinajstić information content (AvgIpc) is 3.19. The van der Waals surface area contributed by atoms with E-state index < -0.39 is 0 Å². The molecule has 152 valence electrons. The molecule has 0 bridgehead atoms. The number of piperazine rings is 1. The summed E-state index contributed by atoms with van der Waals surface area (Å²) in [6.07, 6.45) is 0. The zero-order valence-corrected chi connectivity index (χ0v) is 16.7. The Morgan fingerprint density at radius 1 is 1.03 bits per heavy atom. The topological polar surface area (TPSA) is 59.3 Å². The van der Waals surface area contributed by atoms with Crippen molar-refractivity contribution >= 4 is 0 Å². The van der Waals surface area contributed by atoms with E-state index in [4.69, 9.17) is 4.74 Å². The minimum absolute atomic E-state index is 0.240. The predicted molar refractivity (Wildman–Crippen MR) is 107 cm³/mol. The maximum Gasteiger partial charge on any atom is 0.173 e. The zero-order valence-electron chi connectivity index (χ0n) is 16.7. The molecular weight excluding hydrogens is 371 g/mol. The quantitative estimate of drug-likeness (QED) is 0.637. The Balaban J connectivity index is 1.68. The molecule has 29 heavy (non-hydrogen) atoms. The lowest BCUT2D eigenvalue weighted by molar-refractivity contribution is 0.120. The van der Waals surface area contributed by atoms with Crippen molar-refractivity contribution < 1.29 is 9.13 Å². The molecule has 1 saturated heterocycles. The molecule has 1 fully saturated rings. The van der Waals surface area contributed by atoms with Gasteiger partial charge in [-0.15, -0.1) is 5.10 Å². The van der Waals surface area contributed by atoms with Crippen molar-refractivity contribution in [2.24, 2.45) is 0 Å². The van der Waals surface area contributed by atoms with Gasteiger partial charge in [-0.3, -0.25) is 4.90 Å². The number of hydrogen-bond acceptors (Lipinski definition) is 6. The van der Waals surface area contributed by atoms with Gasteiger partial charge in [-0.25, -0.2) is 9.07 Å². The Labute approximate surface area is 169 Å². The molecule has 0 aliphatic carbocycles. The van der Waals surface area contributed by atoms with Crippen LogP contribution in [0, 0.1) is 5.82 Å². The van der Waals surface area contributed by atoms with Crippen LogP contribution in [-0.4, -0.2) is 70.3 Å². The average molecular weight is 396 g/mol. The van der Waals surface area contributed by atoms with Crippen molar-refractivity contribution in [3.63, 3.8) is 0 Å². The zero-order chi connectivity index (χ0) is 20.2. The number of ether oxygens (including phenoxy) is 1. The monoisotopic (exact) mass is 396 g/mol. The molecular formula is C21H25FN6O. The summed E-state index contributed by atoms with van der Waals surface area (Å²) < 4.78 is 21.8. The number of methoxy groups -OCH3 is 1. The van der Waals surface area contributed by atoms with Gasteiger partial charge >= 0.3 is 0 Å². The second kappa shape index (κ2) is 8.67. The fourth-order valence-electron chi connectivity index (χ4n) is 3.70. The second-order valence-electron chi connectivity index (χ2n) is 7.31. The summed E-state index contributed by atoms with van der Waals surface area (Å²) in [5.74, 6) is 1.21. The normalized spacial score (nSPS) is 16.7. The highest BCUT2D eigenvalue weighted by Gasteiger charge is 2.31. The Bertz CT molecular complexity index is 936. The van der Waals surface area contributed by atoms with Crippen LogP contribution in [0.25, 0.3) is 0 Å². The number of rotatable bonds is 6. The Morgan fingerprint density at radius 2 is 1.76 bits per heavy atom. The maximum atomic E-state index is 14.8. The molecule has 4 rings (SSSR count). The van der Waals surface area contributed by atoms with Gasteiger partial charge in [-0.2, -0.15) is 0 Å². The van der Waals surface area contributed by atoms with E-state index in [1.807, 2.05) is 36.4 Å². The second-order valence-corrected chi connectivity index (χ2v) is 7.31. The first-order valence-corrected chi connectivity index (χ1v) is 9.71. The molecule has 8 heteroatoms. The first kappa shape index (κ1) is 19.5. The van der Waals surface area contributed by atoms with E-state index in [1.54, 1.807) is 17.9 Å². The van der Waals surface area contributed by atoms with Gasteiger partial charge in [0.15, 0.2) is 5.82 Å². The van der Waals surface area contributed by atoms with Crippen molar-refractivity contribution in [3.05, 3.63) is 71.3 Å².